The van der Waals surface area contributed by atoms with Crippen molar-refractivity contribution in [3.8, 4) is 11.4 Å². The Bertz CT molecular complexity index is 1420. The van der Waals surface area contributed by atoms with Crippen LogP contribution in [-0.4, -0.2) is 68.6 Å². The molecule has 1 fully saturated rings. The third-order valence-corrected chi connectivity index (χ3v) is 7.12. The van der Waals surface area contributed by atoms with Crippen LogP contribution in [-0.2, 0) is 17.8 Å². The van der Waals surface area contributed by atoms with Crippen LogP contribution in [0, 0.1) is 0 Å². The normalized spacial score (nSPS) is 16.1. The van der Waals surface area contributed by atoms with Crippen molar-refractivity contribution in [1.82, 2.24) is 29.5 Å². The minimum Gasteiger partial charge on any atom is -0.355 e. The standard InChI is InChI=1S/C26H29N9O/c1-4-34-23(18-14-27-26(28-15-18)32(2)3)31-22-24(29-16-30-25(22)34)33-11-9-19(10-12-33)35-20-8-6-5-7-17(20)13-21(35)36/h5-8,14-16,19H,4,9-13H2,1-3H3. The van der Waals surface area contributed by atoms with Gasteiger partial charge in [0.25, 0.3) is 0 Å². The van der Waals surface area contributed by atoms with Crippen molar-refractivity contribution in [2.75, 3.05) is 41.9 Å². The largest absolute Gasteiger partial charge is 0.355 e. The maximum absolute atomic E-state index is 12.8. The lowest BCUT2D eigenvalue weighted by Crippen LogP contribution is -2.46. The Morgan fingerprint density at radius 1 is 1.03 bits per heavy atom. The van der Waals surface area contributed by atoms with Gasteiger partial charge >= 0.3 is 0 Å². The summed E-state index contributed by atoms with van der Waals surface area (Å²) in [6, 6.07) is 8.34. The number of hydrogen-bond donors (Lipinski definition) is 0. The molecular weight excluding hydrogens is 454 g/mol. The highest BCUT2D eigenvalue weighted by atomic mass is 16.2. The molecule has 2 aliphatic heterocycles. The van der Waals surface area contributed by atoms with Crippen molar-refractivity contribution in [1.29, 1.82) is 0 Å². The molecule has 10 nitrogen and oxygen atoms in total. The van der Waals surface area contributed by atoms with Crippen molar-refractivity contribution < 1.29 is 4.79 Å². The van der Waals surface area contributed by atoms with Gasteiger partial charge in [0.1, 0.15) is 12.2 Å². The predicted molar refractivity (Wildman–Crippen MR) is 139 cm³/mol. The molecule has 184 valence electrons. The Morgan fingerprint density at radius 2 is 1.78 bits per heavy atom. The van der Waals surface area contributed by atoms with Crippen molar-refractivity contribution in [3.05, 3.63) is 48.5 Å². The maximum atomic E-state index is 12.8. The Hall–Kier alpha value is -4.08. The van der Waals surface area contributed by atoms with Crippen LogP contribution in [0.2, 0.25) is 0 Å². The zero-order valence-corrected chi connectivity index (χ0v) is 20.8. The molecule has 5 heterocycles. The summed E-state index contributed by atoms with van der Waals surface area (Å²) >= 11 is 0. The molecule has 0 aliphatic carbocycles. The summed E-state index contributed by atoms with van der Waals surface area (Å²) in [5.74, 6) is 2.48. The molecule has 0 saturated carbocycles. The van der Waals surface area contributed by atoms with E-state index in [-0.39, 0.29) is 11.9 Å². The third kappa shape index (κ3) is 3.64. The van der Waals surface area contributed by atoms with Gasteiger partial charge in [-0.1, -0.05) is 18.2 Å². The van der Waals surface area contributed by atoms with Gasteiger partial charge in [-0.05, 0) is 31.4 Å². The number of hydrogen-bond acceptors (Lipinski definition) is 8. The van der Waals surface area contributed by atoms with Gasteiger partial charge in [-0.15, -0.1) is 0 Å². The number of para-hydroxylation sites is 1. The first-order chi connectivity index (χ1) is 17.5. The topological polar surface area (TPSA) is 96.2 Å². The Balaban J connectivity index is 1.28. The number of imidazole rings is 1. The second kappa shape index (κ2) is 8.85. The van der Waals surface area contributed by atoms with Crippen LogP contribution < -0.4 is 14.7 Å². The van der Waals surface area contributed by atoms with Gasteiger partial charge in [0, 0.05) is 57.9 Å². The monoisotopic (exact) mass is 483 g/mol. The van der Waals surface area contributed by atoms with Gasteiger partial charge in [-0.3, -0.25) is 4.79 Å². The van der Waals surface area contributed by atoms with Crippen LogP contribution in [0.25, 0.3) is 22.6 Å². The van der Waals surface area contributed by atoms with Crippen molar-refractivity contribution in [2.24, 2.45) is 0 Å². The van der Waals surface area contributed by atoms with E-state index in [0.29, 0.717) is 12.4 Å². The lowest BCUT2D eigenvalue weighted by atomic mass is 10.0. The van der Waals surface area contributed by atoms with Crippen LogP contribution in [0.1, 0.15) is 25.3 Å². The molecule has 3 aromatic heterocycles. The molecule has 0 unspecified atom stereocenters. The number of amides is 1. The third-order valence-electron chi connectivity index (χ3n) is 7.12. The van der Waals surface area contributed by atoms with Gasteiger partial charge in [0.05, 0.1) is 12.0 Å². The van der Waals surface area contributed by atoms with Crippen LogP contribution in [0.15, 0.2) is 43.0 Å². The highest BCUT2D eigenvalue weighted by molar-refractivity contribution is 6.02. The smallest absolute Gasteiger partial charge is 0.231 e. The number of benzene rings is 1. The van der Waals surface area contributed by atoms with Crippen molar-refractivity contribution in [3.63, 3.8) is 0 Å². The molecule has 2 aliphatic rings. The van der Waals surface area contributed by atoms with E-state index in [1.807, 2.05) is 36.0 Å². The number of anilines is 3. The fourth-order valence-corrected chi connectivity index (χ4v) is 5.36. The number of piperidine rings is 1. The van der Waals surface area contributed by atoms with E-state index in [0.717, 1.165) is 72.1 Å². The minimum absolute atomic E-state index is 0.200. The SMILES string of the molecule is CCn1c(-c2cnc(N(C)C)nc2)nc2c(N3CCC(N4C(=O)Cc5ccccc54)CC3)ncnc21. The number of carbonyl (C=O) groups excluding carboxylic acids is 1. The first-order valence-corrected chi connectivity index (χ1v) is 12.4. The molecule has 1 saturated heterocycles. The number of rotatable bonds is 5. The summed E-state index contributed by atoms with van der Waals surface area (Å²) in [4.78, 5) is 42.1. The number of carbonyl (C=O) groups is 1. The Labute approximate surface area is 209 Å². The quantitative estimate of drug-likeness (QED) is 0.428. The molecule has 6 rings (SSSR count). The zero-order chi connectivity index (χ0) is 24.8. The number of nitrogens with zero attached hydrogens (tertiary/aromatic N) is 9. The molecule has 0 radical (unpaired) electrons. The maximum Gasteiger partial charge on any atom is 0.231 e. The molecule has 0 bridgehead atoms. The summed E-state index contributed by atoms with van der Waals surface area (Å²) < 4.78 is 2.08. The fourth-order valence-electron chi connectivity index (χ4n) is 5.36. The number of aromatic nitrogens is 6. The van der Waals surface area contributed by atoms with Crippen LogP contribution in [0.4, 0.5) is 17.5 Å². The van der Waals surface area contributed by atoms with Gasteiger partial charge in [0.2, 0.25) is 11.9 Å². The molecule has 1 aromatic carbocycles. The lowest BCUT2D eigenvalue weighted by molar-refractivity contribution is -0.117. The minimum atomic E-state index is 0.200. The van der Waals surface area contributed by atoms with Crippen molar-refractivity contribution >= 4 is 34.5 Å². The zero-order valence-electron chi connectivity index (χ0n) is 20.8. The summed E-state index contributed by atoms with van der Waals surface area (Å²) in [6.07, 6.45) is 7.49. The average Bonchev–Trinajstić information content (AvgIpc) is 3.45. The molecule has 1 amide bonds. The Kier molecular flexibility index (Phi) is 5.50. The molecule has 10 heteroatoms. The predicted octanol–water partition coefficient (Wildman–Crippen LogP) is 2.93. The second-order valence-corrected chi connectivity index (χ2v) is 9.50. The van der Waals surface area contributed by atoms with E-state index in [1.54, 1.807) is 18.7 Å². The van der Waals surface area contributed by atoms with E-state index < -0.39 is 0 Å². The average molecular weight is 484 g/mol. The van der Waals surface area contributed by atoms with E-state index in [1.165, 1.54) is 0 Å². The highest BCUT2D eigenvalue weighted by Crippen LogP contribution is 2.35. The van der Waals surface area contributed by atoms with Gasteiger partial charge < -0.3 is 19.3 Å². The van der Waals surface area contributed by atoms with Crippen LogP contribution in [0.5, 0.6) is 0 Å². The Morgan fingerprint density at radius 3 is 2.50 bits per heavy atom. The van der Waals surface area contributed by atoms with E-state index in [9.17, 15) is 4.79 Å². The van der Waals surface area contributed by atoms with E-state index in [4.69, 9.17) is 4.98 Å². The second-order valence-electron chi connectivity index (χ2n) is 9.50. The summed E-state index contributed by atoms with van der Waals surface area (Å²) in [5, 5.41) is 0. The van der Waals surface area contributed by atoms with E-state index in [2.05, 4.69) is 48.5 Å². The summed E-state index contributed by atoms with van der Waals surface area (Å²) in [6.45, 7) is 4.41. The molecule has 0 spiro atoms. The molecule has 4 aromatic rings. The molecule has 0 atom stereocenters. The van der Waals surface area contributed by atoms with Gasteiger partial charge in [-0.2, -0.15) is 0 Å². The van der Waals surface area contributed by atoms with Gasteiger partial charge in [-0.25, -0.2) is 24.9 Å². The fraction of sp³-hybridized carbons (Fsp3) is 0.385. The first-order valence-electron chi connectivity index (χ1n) is 12.4. The first kappa shape index (κ1) is 22.4. The van der Waals surface area contributed by atoms with Gasteiger partial charge in [0.15, 0.2) is 17.0 Å². The van der Waals surface area contributed by atoms with Crippen LogP contribution >= 0.6 is 0 Å². The number of fused-ring (bicyclic) bond motifs is 2. The molecule has 36 heavy (non-hydrogen) atoms. The number of aryl methyl sites for hydroxylation is 1. The summed E-state index contributed by atoms with van der Waals surface area (Å²) in [7, 11) is 3.83. The van der Waals surface area contributed by atoms with Crippen LogP contribution in [0.3, 0.4) is 0 Å². The highest BCUT2D eigenvalue weighted by Gasteiger charge is 2.35. The lowest BCUT2D eigenvalue weighted by Gasteiger charge is -2.37. The molecular formula is C26H29N9O. The molecule has 0 N–H and O–H groups in total. The van der Waals surface area contributed by atoms with Crippen molar-refractivity contribution in [2.45, 2.75) is 38.8 Å². The van der Waals surface area contributed by atoms with E-state index >= 15 is 0 Å². The summed E-state index contributed by atoms with van der Waals surface area (Å²) in [5.41, 5.74) is 4.63.